The van der Waals surface area contributed by atoms with Crippen molar-refractivity contribution in [2.24, 2.45) is 0 Å². The van der Waals surface area contributed by atoms with Crippen molar-refractivity contribution >= 4 is 18.5 Å². The molecule has 0 aliphatic carbocycles. The van der Waals surface area contributed by atoms with Crippen LogP contribution in [0, 0.1) is 0 Å². The molecule has 0 N–H and O–H groups in total. The number of rotatable bonds is 4. The molecule has 134 valence electrons. The normalized spacial score (nSPS) is 19.2. The standard InChI is InChI=1S/C21H22BFO3/c1-20(2)21(3,4)26-22(25-20)19(23)17(15-11-7-5-8-12-15)18(24)16-13-9-6-10-14-16/h5-14H,1-4H3. The quantitative estimate of drug-likeness (QED) is 0.447. The Morgan fingerprint density at radius 3 is 1.69 bits per heavy atom. The first kappa shape index (κ1) is 18.6. The monoisotopic (exact) mass is 352 g/mol. The van der Waals surface area contributed by atoms with Crippen LogP contribution in [-0.4, -0.2) is 24.1 Å². The van der Waals surface area contributed by atoms with E-state index < -0.39 is 29.8 Å². The average molecular weight is 352 g/mol. The van der Waals surface area contributed by atoms with Gasteiger partial charge < -0.3 is 9.31 Å². The molecule has 1 aliphatic rings. The third-order valence-corrected chi connectivity index (χ3v) is 5.02. The molecular weight excluding hydrogens is 330 g/mol. The summed E-state index contributed by atoms with van der Waals surface area (Å²) in [6.45, 7) is 7.39. The van der Waals surface area contributed by atoms with E-state index in [0.717, 1.165) is 0 Å². The van der Waals surface area contributed by atoms with Crippen LogP contribution in [0.3, 0.4) is 0 Å². The summed E-state index contributed by atoms with van der Waals surface area (Å²) in [7, 11) is -1.22. The van der Waals surface area contributed by atoms with Crippen LogP contribution in [0.5, 0.6) is 0 Å². The second-order valence-electron chi connectivity index (χ2n) is 7.37. The highest BCUT2D eigenvalue weighted by atomic mass is 19.1. The maximum Gasteiger partial charge on any atom is 0.526 e. The lowest BCUT2D eigenvalue weighted by atomic mass is 9.80. The third-order valence-electron chi connectivity index (χ3n) is 5.02. The molecule has 2 aromatic carbocycles. The number of hydrogen-bond donors (Lipinski definition) is 0. The molecule has 1 saturated heterocycles. The van der Waals surface area contributed by atoms with Crippen LogP contribution < -0.4 is 0 Å². The Morgan fingerprint density at radius 2 is 1.23 bits per heavy atom. The van der Waals surface area contributed by atoms with Crippen molar-refractivity contribution in [3.05, 3.63) is 77.5 Å². The van der Waals surface area contributed by atoms with Gasteiger partial charge in [0.1, 0.15) is 5.73 Å². The molecule has 0 spiro atoms. The van der Waals surface area contributed by atoms with Crippen molar-refractivity contribution in [3.63, 3.8) is 0 Å². The molecule has 2 aromatic rings. The van der Waals surface area contributed by atoms with Gasteiger partial charge in [0.25, 0.3) is 0 Å². The van der Waals surface area contributed by atoms with Gasteiger partial charge in [-0.1, -0.05) is 60.7 Å². The number of carbonyl (C=O) groups is 1. The molecule has 26 heavy (non-hydrogen) atoms. The van der Waals surface area contributed by atoms with Crippen LogP contribution in [0.15, 0.2) is 66.4 Å². The Balaban J connectivity index is 2.09. The minimum atomic E-state index is -1.22. The predicted octanol–water partition coefficient (Wildman–Crippen LogP) is 4.88. The fourth-order valence-electron chi connectivity index (χ4n) is 2.78. The Hall–Kier alpha value is -2.24. The van der Waals surface area contributed by atoms with E-state index in [1.807, 2.05) is 39.8 Å². The van der Waals surface area contributed by atoms with E-state index in [9.17, 15) is 4.79 Å². The molecule has 1 fully saturated rings. The number of Topliss-reactive ketones (excluding diaryl/α,β-unsaturated/α-hetero) is 1. The number of carbonyl (C=O) groups excluding carboxylic acids is 1. The van der Waals surface area contributed by atoms with E-state index in [-0.39, 0.29) is 5.57 Å². The van der Waals surface area contributed by atoms with E-state index in [1.165, 1.54) is 0 Å². The molecule has 0 saturated carbocycles. The SMILES string of the molecule is CC1(C)OB(C(F)=C(C(=O)c2ccccc2)c2ccccc2)OC1(C)C. The van der Waals surface area contributed by atoms with Crippen LogP contribution in [0.25, 0.3) is 5.57 Å². The van der Waals surface area contributed by atoms with Gasteiger partial charge in [0.15, 0.2) is 5.78 Å². The van der Waals surface area contributed by atoms with Crippen molar-refractivity contribution in [1.29, 1.82) is 0 Å². The largest absolute Gasteiger partial charge is 0.526 e. The Labute approximate surface area is 154 Å². The zero-order valence-corrected chi connectivity index (χ0v) is 15.5. The molecule has 3 rings (SSSR count). The maximum absolute atomic E-state index is 15.5. The van der Waals surface area contributed by atoms with Gasteiger partial charge in [0.05, 0.1) is 16.8 Å². The molecule has 0 radical (unpaired) electrons. The van der Waals surface area contributed by atoms with E-state index in [1.54, 1.807) is 48.5 Å². The number of allylic oxidation sites excluding steroid dienone is 1. The van der Waals surface area contributed by atoms with Crippen LogP contribution in [0.1, 0.15) is 43.6 Å². The minimum Gasteiger partial charge on any atom is -0.398 e. The predicted molar refractivity (Wildman–Crippen MR) is 101 cm³/mol. The molecule has 0 amide bonds. The summed E-state index contributed by atoms with van der Waals surface area (Å²) in [6, 6.07) is 17.4. The van der Waals surface area contributed by atoms with Crippen LogP contribution in [0.2, 0.25) is 0 Å². The van der Waals surface area contributed by atoms with Crippen molar-refractivity contribution < 1.29 is 18.5 Å². The van der Waals surface area contributed by atoms with Gasteiger partial charge in [-0.25, -0.2) is 4.39 Å². The van der Waals surface area contributed by atoms with E-state index >= 15 is 4.39 Å². The first-order valence-electron chi connectivity index (χ1n) is 8.63. The van der Waals surface area contributed by atoms with E-state index in [0.29, 0.717) is 11.1 Å². The summed E-state index contributed by atoms with van der Waals surface area (Å²) in [6.07, 6.45) is 0. The van der Waals surface area contributed by atoms with Gasteiger partial charge in [-0.2, -0.15) is 0 Å². The average Bonchev–Trinajstić information content (AvgIpc) is 2.84. The van der Waals surface area contributed by atoms with E-state index in [2.05, 4.69) is 0 Å². The van der Waals surface area contributed by atoms with Gasteiger partial charge in [-0.05, 0) is 33.3 Å². The van der Waals surface area contributed by atoms with Gasteiger partial charge in [-0.3, -0.25) is 4.79 Å². The van der Waals surface area contributed by atoms with Crippen molar-refractivity contribution in [2.45, 2.75) is 38.9 Å². The molecular formula is C21H22BFO3. The molecule has 1 heterocycles. The smallest absolute Gasteiger partial charge is 0.398 e. The molecule has 0 atom stereocenters. The topological polar surface area (TPSA) is 35.5 Å². The summed E-state index contributed by atoms with van der Waals surface area (Å²) in [5.74, 6) is -0.399. The van der Waals surface area contributed by atoms with Gasteiger partial charge in [0, 0.05) is 5.56 Å². The maximum atomic E-state index is 15.5. The molecule has 3 nitrogen and oxygen atoms in total. The summed E-state index contributed by atoms with van der Waals surface area (Å²) in [5, 5.41) is 0. The number of ketones is 1. The molecule has 0 bridgehead atoms. The fourth-order valence-corrected chi connectivity index (χ4v) is 2.78. The van der Waals surface area contributed by atoms with Gasteiger partial charge in [-0.15, -0.1) is 0 Å². The lowest BCUT2D eigenvalue weighted by molar-refractivity contribution is 0.00578. The summed E-state index contributed by atoms with van der Waals surface area (Å²) in [5.41, 5.74) is -1.20. The first-order valence-corrected chi connectivity index (χ1v) is 8.63. The molecule has 1 aliphatic heterocycles. The Kier molecular flexibility index (Phi) is 4.87. The van der Waals surface area contributed by atoms with Crippen molar-refractivity contribution in [1.82, 2.24) is 0 Å². The summed E-state index contributed by atoms with van der Waals surface area (Å²) < 4.78 is 27.1. The second-order valence-corrected chi connectivity index (χ2v) is 7.37. The minimum absolute atomic E-state index is 0.0321. The van der Waals surface area contributed by atoms with Crippen LogP contribution in [0.4, 0.5) is 4.39 Å². The third kappa shape index (κ3) is 3.37. The lowest BCUT2D eigenvalue weighted by Crippen LogP contribution is -2.41. The fraction of sp³-hybridized carbons (Fsp3) is 0.286. The molecule has 5 heteroatoms. The van der Waals surface area contributed by atoms with Crippen LogP contribution in [-0.2, 0) is 9.31 Å². The zero-order valence-electron chi connectivity index (χ0n) is 15.5. The number of halogens is 1. The summed E-state index contributed by atoms with van der Waals surface area (Å²) in [4.78, 5) is 13.1. The molecule has 0 unspecified atom stereocenters. The zero-order chi connectivity index (χ0) is 18.9. The van der Waals surface area contributed by atoms with Gasteiger partial charge >= 0.3 is 7.12 Å². The highest BCUT2D eigenvalue weighted by Gasteiger charge is 2.54. The first-order chi connectivity index (χ1) is 12.2. The molecule has 0 aromatic heterocycles. The number of benzene rings is 2. The lowest BCUT2D eigenvalue weighted by Gasteiger charge is -2.32. The van der Waals surface area contributed by atoms with E-state index in [4.69, 9.17) is 9.31 Å². The van der Waals surface area contributed by atoms with Gasteiger partial charge in [0.2, 0.25) is 0 Å². The highest BCUT2D eigenvalue weighted by molar-refractivity contribution is 6.58. The van der Waals surface area contributed by atoms with Crippen LogP contribution >= 0.6 is 0 Å². The highest BCUT2D eigenvalue weighted by Crippen LogP contribution is 2.40. The second kappa shape index (κ2) is 6.82. The van der Waals surface area contributed by atoms with Crippen molar-refractivity contribution in [3.8, 4) is 0 Å². The number of hydrogen-bond acceptors (Lipinski definition) is 3. The van der Waals surface area contributed by atoms with Crippen molar-refractivity contribution in [2.75, 3.05) is 0 Å². The summed E-state index contributed by atoms with van der Waals surface area (Å²) >= 11 is 0. The Morgan fingerprint density at radius 1 is 0.808 bits per heavy atom. The Bertz CT molecular complexity index is 813.